The summed E-state index contributed by atoms with van der Waals surface area (Å²) in [6.07, 6.45) is -2.25. The Morgan fingerprint density at radius 2 is 1.54 bits per heavy atom. The minimum atomic E-state index is -4.67. The van der Waals surface area contributed by atoms with E-state index in [1.807, 2.05) is 24.3 Å². The number of nitrogens with one attached hydrogen (secondary N) is 1. The second kappa shape index (κ2) is 11.4. The van der Waals surface area contributed by atoms with E-state index in [1.165, 1.54) is 48.7 Å². The molecule has 1 N–H and O–H groups in total. The molecule has 1 aliphatic heterocycles. The monoisotopic (exact) mass is 531 g/mol. The summed E-state index contributed by atoms with van der Waals surface area (Å²) in [6, 6.07) is 19.0. The van der Waals surface area contributed by atoms with Crippen LogP contribution < -0.4 is 9.62 Å². The van der Waals surface area contributed by atoms with Crippen LogP contribution in [-0.2, 0) is 34.1 Å². The molecule has 1 fully saturated rings. The SMILES string of the molecule is O=C(CN(c1cccc(C(F)(F)F)c1)S(=O)(=O)c1ccccc1)NCc1ccc(CN2CCCC2)cc1. The number of anilines is 1. The van der Waals surface area contributed by atoms with Gasteiger partial charge in [-0.25, -0.2) is 8.42 Å². The van der Waals surface area contributed by atoms with Crippen molar-refractivity contribution in [3.05, 3.63) is 95.6 Å². The smallest absolute Gasteiger partial charge is 0.350 e. The highest BCUT2D eigenvalue weighted by Crippen LogP contribution is 2.33. The van der Waals surface area contributed by atoms with E-state index in [0.29, 0.717) is 4.31 Å². The number of nitrogens with zero attached hydrogens (tertiary/aromatic N) is 2. The minimum absolute atomic E-state index is 0.131. The summed E-state index contributed by atoms with van der Waals surface area (Å²) in [5, 5.41) is 2.68. The molecule has 0 spiro atoms. The number of benzene rings is 3. The molecular formula is C27H28F3N3O3S. The van der Waals surface area contributed by atoms with Gasteiger partial charge in [0, 0.05) is 13.1 Å². The first-order valence-corrected chi connectivity index (χ1v) is 13.4. The van der Waals surface area contributed by atoms with Crippen molar-refractivity contribution in [1.82, 2.24) is 10.2 Å². The largest absolute Gasteiger partial charge is 0.416 e. The first-order valence-electron chi connectivity index (χ1n) is 11.9. The molecule has 0 bridgehead atoms. The van der Waals surface area contributed by atoms with E-state index < -0.39 is 34.2 Å². The summed E-state index contributed by atoms with van der Waals surface area (Å²) in [5.41, 5.74) is 0.740. The zero-order valence-electron chi connectivity index (χ0n) is 20.1. The van der Waals surface area contributed by atoms with Gasteiger partial charge in [0.15, 0.2) is 0 Å². The fourth-order valence-electron chi connectivity index (χ4n) is 4.22. The van der Waals surface area contributed by atoms with Crippen LogP contribution in [0.3, 0.4) is 0 Å². The summed E-state index contributed by atoms with van der Waals surface area (Å²) >= 11 is 0. The molecular weight excluding hydrogens is 503 g/mol. The number of likely N-dealkylation sites (tertiary alicyclic amines) is 1. The van der Waals surface area contributed by atoms with Gasteiger partial charge in [-0.05, 0) is 67.4 Å². The number of alkyl halides is 3. The van der Waals surface area contributed by atoms with Crippen molar-refractivity contribution in [3.8, 4) is 0 Å². The minimum Gasteiger partial charge on any atom is -0.350 e. The summed E-state index contributed by atoms with van der Waals surface area (Å²) < 4.78 is 67.3. The van der Waals surface area contributed by atoms with Gasteiger partial charge in [-0.15, -0.1) is 0 Å². The maximum atomic E-state index is 13.3. The van der Waals surface area contributed by atoms with Crippen LogP contribution in [0.5, 0.6) is 0 Å². The molecule has 10 heteroatoms. The Morgan fingerprint density at radius 1 is 0.892 bits per heavy atom. The van der Waals surface area contributed by atoms with Crippen molar-refractivity contribution in [3.63, 3.8) is 0 Å². The van der Waals surface area contributed by atoms with E-state index >= 15 is 0 Å². The van der Waals surface area contributed by atoms with E-state index in [4.69, 9.17) is 0 Å². The van der Waals surface area contributed by atoms with Gasteiger partial charge in [0.1, 0.15) is 6.54 Å². The van der Waals surface area contributed by atoms with Gasteiger partial charge < -0.3 is 5.32 Å². The van der Waals surface area contributed by atoms with E-state index in [1.54, 1.807) is 6.07 Å². The number of amides is 1. The molecule has 3 aromatic carbocycles. The maximum Gasteiger partial charge on any atom is 0.416 e. The second-order valence-electron chi connectivity index (χ2n) is 8.95. The van der Waals surface area contributed by atoms with Crippen LogP contribution >= 0.6 is 0 Å². The van der Waals surface area contributed by atoms with E-state index in [0.717, 1.165) is 43.4 Å². The van der Waals surface area contributed by atoms with Gasteiger partial charge in [0.25, 0.3) is 10.0 Å². The third kappa shape index (κ3) is 6.90. The van der Waals surface area contributed by atoms with Gasteiger partial charge in [-0.3, -0.25) is 14.0 Å². The summed E-state index contributed by atoms with van der Waals surface area (Å²) in [5.74, 6) is -0.641. The molecule has 3 aromatic rings. The zero-order valence-corrected chi connectivity index (χ0v) is 20.9. The number of rotatable bonds is 9. The van der Waals surface area contributed by atoms with Gasteiger partial charge in [0.05, 0.1) is 16.1 Å². The Morgan fingerprint density at radius 3 is 2.19 bits per heavy atom. The Hall–Kier alpha value is -3.37. The lowest BCUT2D eigenvalue weighted by molar-refractivity contribution is -0.137. The number of hydrogen-bond acceptors (Lipinski definition) is 4. The van der Waals surface area contributed by atoms with Crippen molar-refractivity contribution >= 4 is 21.6 Å². The summed E-state index contributed by atoms with van der Waals surface area (Å²) in [6.45, 7) is 2.53. The Kier molecular flexibility index (Phi) is 8.19. The number of carbonyl (C=O) groups excluding carboxylic acids is 1. The molecule has 4 rings (SSSR count). The van der Waals surface area contributed by atoms with Gasteiger partial charge in [-0.2, -0.15) is 13.2 Å². The standard InChI is InChI=1S/C27H28F3N3O3S/c28-27(29,30)23-7-6-8-24(17-23)33(37(35,36)25-9-2-1-3-10-25)20-26(34)31-18-21-11-13-22(14-12-21)19-32-15-4-5-16-32/h1-3,6-14,17H,4-5,15-16,18-20H2,(H,31,34). The molecule has 0 aromatic heterocycles. The molecule has 0 radical (unpaired) electrons. The lowest BCUT2D eigenvalue weighted by atomic mass is 10.1. The molecule has 196 valence electrons. The van der Waals surface area contributed by atoms with Crippen LogP contribution in [-0.4, -0.2) is 38.9 Å². The van der Waals surface area contributed by atoms with Crippen molar-refractivity contribution in [2.45, 2.75) is 37.0 Å². The van der Waals surface area contributed by atoms with E-state index in [-0.39, 0.29) is 17.1 Å². The summed E-state index contributed by atoms with van der Waals surface area (Å²) in [7, 11) is -4.31. The molecule has 6 nitrogen and oxygen atoms in total. The number of sulfonamides is 1. The summed E-state index contributed by atoms with van der Waals surface area (Å²) in [4.78, 5) is 15.1. The van der Waals surface area contributed by atoms with Crippen molar-refractivity contribution in [2.75, 3.05) is 23.9 Å². The fraction of sp³-hybridized carbons (Fsp3) is 0.296. The van der Waals surface area contributed by atoms with E-state index in [9.17, 15) is 26.4 Å². The topological polar surface area (TPSA) is 69.7 Å². The Labute approximate surface area is 214 Å². The second-order valence-corrected chi connectivity index (χ2v) is 10.8. The molecule has 37 heavy (non-hydrogen) atoms. The van der Waals surface area contributed by atoms with Gasteiger partial charge in [-0.1, -0.05) is 48.5 Å². The normalized spacial score (nSPS) is 14.5. The van der Waals surface area contributed by atoms with Crippen LogP contribution in [0.25, 0.3) is 0 Å². The Balaban J connectivity index is 1.49. The van der Waals surface area contributed by atoms with Crippen LogP contribution in [0.2, 0.25) is 0 Å². The molecule has 0 aliphatic carbocycles. The molecule has 0 unspecified atom stereocenters. The quantitative estimate of drug-likeness (QED) is 0.430. The molecule has 1 aliphatic rings. The first-order chi connectivity index (χ1) is 17.6. The third-order valence-electron chi connectivity index (χ3n) is 6.20. The highest BCUT2D eigenvalue weighted by atomic mass is 32.2. The highest BCUT2D eigenvalue weighted by molar-refractivity contribution is 7.92. The number of carbonyl (C=O) groups is 1. The van der Waals surface area contributed by atoms with Crippen molar-refractivity contribution in [2.24, 2.45) is 0 Å². The van der Waals surface area contributed by atoms with Crippen LogP contribution in [0.1, 0.15) is 29.5 Å². The maximum absolute atomic E-state index is 13.3. The Bertz CT molecular complexity index is 1310. The molecule has 1 amide bonds. The number of hydrogen-bond donors (Lipinski definition) is 1. The zero-order chi connectivity index (χ0) is 26.5. The fourth-order valence-corrected chi connectivity index (χ4v) is 5.65. The van der Waals surface area contributed by atoms with E-state index in [2.05, 4.69) is 10.2 Å². The predicted molar refractivity (Wildman–Crippen MR) is 135 cm³/mol. The molecule has 0 saturated carbocycles. The third-order valence-corrected chi connectivity index (χ3v) is 7.99. The van der Waals surface area contributed by atoms with Crippen LogP contribution in [0, 0.1) is 0 Å². The van der Waals surface area contributed by atoms with Crippen LogP contribution in [0.15, 0.2) is 83.8 Å². The average molecular weight is 532 g/mol. The molecule has 0 atom stereocenters. The van der Waals surface area contributed by atoms with Crippen LogP contribution in [0.4, 0.5) is 18.9 Å². The highest BCUT2D eigenvalue weighted by Gasteiger charge is 2.33. The first kappa shape index (κ1) is 26.7. The number of halogens is 3. The molecule has 1 saturated heterocycles. The average Bonchev–Trinajstić information content (AvgIpc) is 3.40. The lowest BCUT2D eigenvalue weighted by Crippen LogP contribution is -2.40. The van der Waals surface area contributed by atoms with Crippen molar-refractivity contribution in [1.29, 1.82) is 0 Å². The molecule has 1 heterocycles. The lowest BCUT2D eigenvalue weighted by Gasteiger charge is -2.25. The van der Waals surface area contributed by atoms with Crippen molar-refractivity contribution < 1.29 is 26.4 Å². The van der Waals surface area contributed by atoms with Gasteiger partial charge in [0.2, 0.25) is 5.91 Å². The van der Waals surface area contributed by atoms with Gasteiger partial charge >= 0.3 is 6.18 Å². The predicted octanol–water partition coefficient (Wildman–Crippen LogP) is 4.81.